The van der Waals surface area contributed by atoms with Crippen LogP contribution in [0.3, 0.4) is 0 Å². The summed E-state index contributed by atoms with van der Waals surface area (Å²) in [6.45, 7) is 9.20. The minimum absolute atomic E-state index is 0.224. The maximum absolute atomic E-state index is 12.0. The van der Waals surface area contributed by atoms with E-state index in [1.807, 2.05) is 20.8 Å². The first-order valence-corrected chi connectivity index (χ1v) is 7.59. The molecule has 1 unspecified atom stereocenters. The van der Waals surface area contributed by atoms with Crippen molar-refractivity contribution in [2.45, 2.75) is 39.7 Å². The van der Waals surface area contributed by atoms with Crippen molar-refractivity contribution in [3.63, 3.8) is 0 Å². The lowest BCUT2D eigenvalue weighted by Gasteiger charge is -2.30. The summed E-state index contributed by atoms with van der Waals surface area (Å²) in [5.74, 6) is 0.444. The molecule has 1 amide bonds. The molecule has 0 spiro atoms. The Morgan fingerprint density at radius 3 is 2.71 bits per heavy atom. The number of hydrogen-bond acceptors (Lipinski definition) is 2. The standard InChI is InChI=1S/C18H25NO2/c1-14-7-5-6-8-16(13-14)15-9-11-19(12-10-15)17(20)21-18(2,3)4/h5-9,13-14H,10-12H2,1-4H3. The van der Waals surface area contributed by atoms with Gasteiger partial charge in [0.2, 0.25) is 0 Å². The second-order valence-corrected chi connectivity index (χ2v) is 6.63. The van der Waals surface area contributed by atoms with Crippen LogP contribution in [-0.2, 0) is 4.74 Å². The molecule has 0 saturated carbocycles. The van der Waals surface area contributed by atoms with Crippen molar-refractivity contribution in [3.05, 3.63) is 47.6 Å². The fourth-order valence-corrected chi connectivity index (χ4v) is 2.43. The van der Waals surface area contributed by atoms with Gasteiger partial charge in [0.15, 0.2) is 0 Å². The Morgan fingerprint density at radius 2 is 2.10 bits per heavy atom. The molecular formula is C18H25NO2. The maximum Gasteiger partial charge on any atom is 0.410 e. The Bertz CT molecular complexity index is 518. The molecule has 0 aromatic rings. The fraction of sp³-hybridized carbons (Fsp3) is 0.500. The van der Waals surface area contributed by atoms with Crippen molar-refractivity contribution < 1.29 is 9.53 Å². The Balaban J connectivity index is 2.01. The van der Waals surface area contributed by atoms with E-state index in [2.05, 4.69) is 43.4 Å². The second kappa shape index (κ2) is 6.33. The van der Waals surface area contributed by atoms with Crippen LogP contribution in [0, 0.1) is 5.92 Å². The van der Waals surface area contributed by atoms with Crippen LogP contribution in [0.25, 0.3) is 0 Å². The van der Waals surface area contributed by atoms with Gasteiger partial charge in [-0.1, -0.05) is 43.4 Å². The van der Waals surface area contributed by atoms with Gasteiger partial charge in [0.05, 0.1) is 0 Å². The zero-order valence-electron chi connectivity index (χ0n) is 13.4. The van der Waals surface area contributed by atoms with E-state index in [1.165, 1.54) is 11.1 Å². The van der Waals surface area contributed by atoms with Crippen molar-refractivity contribution in [2.75, 3.05) is 13.1 Å². The van der Waals surface area contributed by atoms with Crippen LogP contribution in [0.15, 0.2) is 47.6 Å². The van der Waals surface area contributed by atoms with E-state index in [0.29, 0.717) is 19.0 Å². The predicted molar refractivity (Wildman–Crippen MR) is 86.0 cm³/mol. The zero-order chi connectivity index (χ0) is 15.5. The monoisotopic (exact) mass is 287 g/mol. The topological polar surface area (TPSA) is 29.5 Å². The summed E-state index contributed by atoms with van der Waals surface area (Å²) in [5, 5.41) is 0. The Labute approximate surface area is 127 Å². The van der Waals surface area contributed by atoms with E-state index >= 15 is 0 Å². The van der Waals surface area contributed by atoms with Gasteiger partial charge in [-0.05, 0) is 44.3 Å². The molecule has 3 nitrogen and oxygen atoms in total. The molecule has 0 N–H and O–H groups in total. The number of rotatable bonds is 1. The lowest BCUT2D eigenvalue weighted by atomic mass is 9.96. The first-order valence-electron chi connectivity index (χ1n) is 7.59. The van der Waals surface area contributed by atoms with Crippen molar-refractivity contribution >= 4 is 6.09 Å². The lowest BCUT2D eigenvalue weighted by Crippen LogP contribution is -2.39. The number of ether oxygens (including phenoxy) is 1. The Kier molecular flexibility index (Phi) is 4.71. The van der Waals surface area contributed by atoms with E-state index < -0.39 is 5.60 Å². The third kappa shape index (κ3) is 4.62. The number of allylic oxidation sites excluding steroid dienone is 6. The predicted octanol–water partition coefficient (Wildman–Crippen LogP) is 4.24. The van der Waals surface area contributed by atoms with Gasteiger partial charge >= 0.3 is 6.09 Å². The first-order chi connectivity index (χ1) is 9.85. The molecule has 0 aromatic heterocycles. The molecule has 114 valence electrons. The number of carbonyl (C=O) groups is 1. The van der Waals surface area contributed by atoms with Gasteiger partial charge in [0.25, 0.3) is 0 Å². The van der Waals surface area contributed by atoms with Crippen LogP contribution in [0.4, 0.5) is 4.79 Å². The van der Waals surface area contributed by atoms with Gasteiger partial charge in [0.1, 0.15) is 5.60 Å². The van der Waals surface area contributed by atoms with Crippen LogP contribution in [0.1, 0.15) is 34.1 Å². The summed E-state index contributed by atoms with van der Waals surface area (Å²) in [6, 6.07) is 0. The van der Waals surface area contributed by atoms with E-state index in [0.717, 1.165) is 6.42 Å². The first kappa shape index (κ1) is 15.6. The zero-order valence-corrected chi connectivity index (χ0v) is 13.4. The highest BCUT2D eigenvalue weighted by Gasteiger charge is 2.24. The molecule has 1 aliphatic heterocycles. The molecule has 1 atom stereocenters. The molecule has 2 rings (SSSR count). The molecular weight excluding hydrogens is 262 g/mol. The molecule has 0 bridgehead atoms. The molecule has 21 heavy (non-hydrogen) atoms. The summed E-state index contributed by atoms with van der Waals surface area (Å²) >= 11 is 0. The van der Waals surface area contributed by atoms with Crippen molar-refractivity contribution in [2.24, 2.45) is 5.92 Å². The van der Waals surface area contributed by atoms with E-state index in [1.54, 1.807) is 4.90 Å². The minimum atomic E-state index is -0.436. The maximum atomic E-state index is 12.0. The van der Waals surface area contributed by atoms with Crippen molar-refractivity contribution in [1.29, 1.82) is 0 Å². The fourth-order valence-electron chi connectivity index (χ4n) is 2.43. The average molecular weight is 287 g/mol. The van der Waals surface area contributed by atoms with Crippen LogP contribution < -0.4 is 0 Å². The summed E-state index contributed by atoms with van der Waals surface area (Å²) in [6.07, 6.45) is 13.6. The Hall–Kier alpha value is -1.77. The van der Waals surface area contributed by atoms with E-state index in [4.69, 9.17) is 4.74 Å². The highest BCUT2D eigenvalue weighted by atomic mass is 16.6. The molecule has 0 fully saturated rings. The third-order valence-corrected chi connectivity index (χ3v) is 3.48. The average Bonchev–Trinajstić information content (AvgIpc) is 2.62. The quantitative estimate of drug-likeness (QED) is 0.722. The molecule has 0 saturated heterocycles. The summed E-state index contributed by atoms with van der Waals surface area (Å²) in [5.41, 5.74) is 2.16. The van der Waals surface area contributed by atoms with Crippen LogP contribution in [-0.4, -0.2) is 29.7 Å². The van der Waals surface area contributed by atoms with Gasteiger partial charge in [-0.15, -0.1) is 0 Å². The van der Waals surface area contributed by atoms with E-state index in [-0.39, 0.29) is 6.09 Å². The lowest BCUT2D eigenvalue weighted by molar-refractivity contribution is 0.0266. The molecule has 3 heteroatoms. The normalized spacial score (nSPS) is 22.5. The van der Waals surface area contributed by atoms with Gasteiger partial charge in [-0.3, -0.25) is 0 Å². The number of hydrogen-bond donors (Lipinski definition) is 0. The SMILES string of the molecule is CC1C=CC=CC(C2=CCN(C(=O)OC(C)(C)C)CC2)=C1. The second-order valence-electron chi connectivity index (χ2n) is 6.63. The van der Waals surface area contributed by atoms with Gasteiger partial charge in [-0.25, -0.2) is 4.79 Å². The van der Waals surface area contributed by atoms with Gasteiger partial charge < -0.3 is 9.64 Å². The molecule has 0 aromatic carbocycles. The summed E-state index contributed by atoms with van der Waals surface area (Å²) in [4.78, 5) is 13.8. The highest BCUT2D eigenvalue weighted by molar-refractivity contribution is 5.69. The van der Waals surface area contributed by atoms with E-state index in [9.17, 15) is 4.79 Å². The molecule has 1 aliphatic carbocycles. The smallest absolute Gasteiger partial charge is 0.410 e. The van der Waals surface area contributed by atoms with Crippen molar-refractivity contribution in [3.8, 4) is 0 Å². The molecule has 2 aliphatic rings. The molecule has 0 radical (unpaired) electrons. The highest BCUT2D eigenvalue weighted by Crippen LogP contribution is 2.24. The third-order valence-electron chi connectivity index (χ3n) is 3.48. The number of nitrogens with zero attached hydrogens (tertiary/aromatic N) is 1. The van der Waals surface area contributed by atoms with Crippen LogP contribution in [0.2, 0.25) is 0 Å². The van der Waals surface area contributed by atoms with Crippen LogP contribution >= 0.6 is 0 Å². The molecule has 1 heterocycles. The van der Waals surface area contributed by atoms with Gasteiger partial charge in [-0.2, -0.15) is 0 Å². The number of amides is 1. The minimum Gasteiger partial charge on any atom is -0.444 e. The van der Waals surface area contributed by atoms with Crippen LogP contribution in [0.5, 0.6) is 0 Å². The largest absolute Gasteiger partial charge is 0.444 e. The summed E-state index contributed by atoms with van der Waals surface area (Å²) < 4.78 is 5.41. The number of carbonyl (C=O) groups excluding carboxylic acids is 1. The Morgan fingerprint density at radius 1 is 1.33 bits per heavy atom. The van der Waals surface area contributed by atoms with Gasteiger partial charge in [0, 0.05) is 13.1 Å². The van der Waals surface area contributed by atoms with Crippen molar-refractivity contribution in [1.82, 2.24) is 4.90 Å². The summed E-state index contributed by atoms with van der Waals surface area (Å²) in [7, 11) is 0.